The first-order valence-corrected chi connectivity index (χ1v) is 11.0. The Bertz CT molecular complexity index is 1030. The molecule has 1 aromatic heterocycles. The molecule has 0 spiro atoms. The number of ether oxygens (including phenoxy) is 3. The van der Waals surface area contributed by atoms with Crippen LogP contribution in [0.25, 0.3) is 0 Å². The molecule has 0 radical (unpaired) electrons. The van der Waals surface area contributed by atoms with Crippen molar-refractivity contribution in [2.75, 3.05) is 7.11 Å². The lowest BCUT2D eigenvalue weighted by Gasteiger charge is -2.24. The molecule has 1 N–H and O–H groups in total. The van der Waals surface area contributed by atoms with Crippen molar-refractivity contribution in [2.24, 2.45) is 5.92 Å². The third kappa shape index (κ3) is 5.88. The maximum absolute atomic E-state index is 12.9. The fourth-order valence-corrected chi connectivity index (χ4v) is 3.42. The molecule has 0 saturated heterocycles. The minimum Gasteiger partial charge on any atom is -0.493 e. The number of hydrogen-bond acceptors (Lipinski definition) is 7. The molecule has 1 amide bonds. The summed E-state index contributed by atoms with van der Waals surface area (Å²) in [6.45, 7) is 7.35. The highest BCUT2D eigenvalue weighted by Gasteiger charge is 2.34. The highest BCUT2D eigenvalue weighted by molar-refractivity contribution is 5.98. The Hall–Kier alpha value is -3.42. The van der Waals surface area contributed by atoms with Gasteiger partial charge in [0.15, 0.2) is 11.4 Å². The second-order valence-corrected chi connectivity index (χ2v) is 8.37. The van der Waals surface area contributed by atoms with E-state index in [4.69, 9.17) is 14.2 Å². The van der Waals surface area contributed by atoms with Crippen LogP contribution in [-0.2, 0) is 14.3 Å². The van der Waals surface area contributed by atoms with Crippen molar-refractivity contribution >= 4 is 17.8 Å². The number of benzene rings is 1. The molecule has 3 atom stereocenters. The second kappa shape index (κ2) is 10.5. The van der Waals surface area contributed by atoms with E-state index in [1.807, 2.05) is 45.0 Å². The van der Waals surface area contributed by atoms with Crippen molar-refractivity contribution in [2.45, 2.75) is 58.6 Å². The molecule has 1 aromatic carbocycles. The maximum atomic E-state index is 12.9. The van der Waals surface area contributed by atoms with E-state index < -0.39 is 30.0 Å². The number of rotatable bonds is 9. The Balaban J connectivity index is 1.66. The Morgan fingerprint density at radius 1 is 1.09 bits per heavy atom. The van der Waals surface area contributed by atoms with Gasteiger partial charge in [-0.3, -0.25) is 9.59 Å². The topological polar surface area (TPSA) is 104 Å². The summed E-state index contributed by atoms with van der Waals surface area (Å²) in [5.74, 6) is -1.71. The van der Waals surface area contributed by atoms with Gasteiger partial charge in [-0.05, 0) is 44.7 Å². The van der Waals surface area contributed by atoms with Crippen LogP contribution in [-0.4, -0.2) is 42.1 Å². The first-order valence-electron chi connectivity index (χ1n) is 11.0. The summed E-state index contributed by atoms with van der Waals surface area (Å²) in [6.07, 6.45) is 2.48. The smallest absolute Gasteiger partial charge is 0.328 e. The largest absolute Gasteiger partial charge is 0.493 e. The second-order valence-electron chi connectivity index (χ2n) is 8.37. The molecule has 176 valence electrons. The molecule has 33 heavy (non-hydrogen) atoms. The van der Waals surface area contributed by atoms with Crippen LogP contribution >= 0.6 is 0 Å². The van der Waals surface area contributed by atoms with E-state index in [0.29, 0.717) is 0 Å². The number of carbonyl (C=O) groups excluding carboxylic acids is 3. The number of hydrogen-bond donors (Lipinski definition) is 1. The summed E-state index contributed by atoms with van der Waals surface area (Å²) in [5, 5.41) is 2.58. The summed E-state index contributed by atoms with van der Waals surface area (Å²) in [5.41, 5.74) is 2.08. The van der Waals surface area contributed by atoms with Crippen molar-refractivity contribution in [1.29, 1.82) is 0 Å². The summed E-state index contributed by atoms with van der Waals surface area (Å²) in [7, 11) is 1.41. The van der Waals surface area contributed by atoms with Gasteiger partial charge in [-0.25, -0.2) is 9.78 Å². The van der Waals surface area contributed by atoms with Gasteiger partial charge in [-0.15, -0.1) is 0 Å². The Morgan fingerprint density at radius 2 is 1.79 bits per heavy atom. The molecule has 8 nitrogen and oxygen atoms in total. The van der Waals surface area contributed by atoms with Crippen LogP contribution in [0.2, 0.25) is 0 Å². The van der Waals surface area contributed by atoms with Gasteiger partial charge in [0.05, 0.1) is 13.0 Å². The van der Waals surface area contributed by atoms with E-state index in [0.717, 1.165) is 24.0 Å². The Labute approximate surface area is 193 Å². The van der Waals surface area contributed by atoms with Gasteiger partial charge in [-0.1, -0.05) is 31.2 Å². The highest BCUT2D eigenvalue weighted by Crippen LogP contribution is 2.35. The average Bonchev–Trinajstić information content (AvgIpc) is 3.64. The Kier molecular flexibility index (Phi) is 7.68. The first-order chi connectivity index (χ1) is 15.7. The van der Waals surface area contributed by atoms with Crippen LogP contribution in [0.5, 0.6) is 11.5 Å². The molecule has 1 aliphatic carbocycles. The van der Waals surface area contributed by atoms with Gasteiger partial charge in [0.1, 0.15) is 12.1 Å². The molecule has 1 heterocycles. The monoisotopic (exact) mass is 454 g/mol. The average molecular weight is 455 g/mol. The van der Waals surface area contributed by atoms with Crippen LogP contribution in [0.1, 0.15) is 61.1 Å². The molecule has 0 aliphatic heterocycles. The third-order valence-corrected chi connectivity index (χ3v) is 5.80. The van der Waals surface area contributed by atoms with Crippen LogP contribution in [0.3, 0.4) is 0 Å². The number of aromatic nitrogens is 1. The zero-order chi connectivity index (χ0) is 24.1. The van der Waals surface area contributed by atoms with E-state index >= 15 is 0 Å². The van der Waals surface area contributed by atoms with Gasteiger partial charge in [0, 0.05) is 18.2 Å². The third-order valence-electron chi connectivity index (χ3n) is 5.80. The quantitative estimate of drug-likeness (QED) is 0.578. The van der Waals surface area contributed by atoms with Crippen molar-refractivity contribution in [1.82, 2.24) is 10.3 Å². The van der Waals surface area contributed by atoms with Gasteiger partial charge < -0.3 is 19.5 Å². The number of pyridine rings is 1. The zero-order valence-electron chi connectivity index (χ0n) is 19.6. The number of nitrogens with zero attached hydrogens (tertiary/aromatic N) is 1. The molecule has 0 bridgehead atoms. The minimum absolute atomic E-state index is 0.0217. The summed E-state index contributed by atoms with van der Waals surface area (Å²) in [6, 6.07) is 8.49. The standard InChI is InChI=1S/C25H30N2O6/c1-14-8-6-7-9-19(14)15(2)17(4)32-24(29)16(3)27-23(28)21-22(20(31-5)12-13-26-21)33-25(30)18-10-11-18/h6-9,12-13,15-18H,10-11H2,1-5H3,(H,27,28)/t15-,16+,17+/m1/s1. The van der Waals surface area contributed by atoms with Crippen LogP contribution in [0, 0.1) is 12.8 Å². The molecule has 3 rings (SSSR count). The van der Waals surface area contributed by atoms with Gasteiger partial charge in [-0.2, -0.15) is 0 Å². The van der Waals surface area contributed by atoms with Crippen molar-refractivity contribution in [3.8, 4) is 11.5 Å². The van der Waals surface area contributed by atoms with Gasteiger partial charge in [0.25, 0.3) is 5.91 Å². The predicted molar refractivity (Wildman–Crippen MR) is 121 cm³/mol. The van der Waals surface area contributed by atoms with Crippen molar-refractivity contribution in [3.05, 3.63) is 53.3 Å². The van der Waals surface area contributed by atoms with E-state index in [1.54, 1.807) is 0 Å². The first kappa shape index (κ1) is 24.2. The van der Waals surface area contributed by atoms with E-state index in [2.05, 4.69) is 10.3 Å². The van der Waals surface area contributed by atoms with Crippen LogP contribution in [0.15, 0.2) is 36.5 Å². The fourth-order valence-electron chi connectivity index (χ4n) is 3.42. The summed E-state index contributed by atoms with van der Waals surface area (Å²) in [4.78, 5) is 41.7. The minimum atomic E-state index is -0.941. The molecule has 1 saturated carbocycles. The lowest BCUT2D eigenvalue weighted by atomic mass is 9.92. The summed E-state index contributed by atoms with van der Waals surface area (Å²) >= 11 is 0. The normalized spacial score (nSPS) is 15.7. The van der Waals surface area contributed by atoms with Crippen LogP contribution in [0.4, 0.5) is 0 Å². The highest BCUT2D eigenvalue weighted by atomic mass is 16.6. The number of carbonyl (C=O) groups is 3. The van der Waals surface area contributed by atoms with E-state index in [1.165, 1.54) is 26.3 Å². The maximum Gasteiger partial charge on any atom is 0.328 e. The molecular weight excluding hydrogens is 424 g/mol. The SMILES string of the molecule is COc1ccnc(C(=O)N[C@@H](C)C(=O)O[C@@H](C)[C@@H](C)c2ccccc2C)c1OC(=O)C1CC1. The van der Waals surface area contributed by atoms with Crippen molar-refractivity contribution < 1.29 is 28.6 Å². The predicted octanol–water partition coefficient (Wildman–Crippen LogP) is 3.57. The number of methoxy groups -OCH3 is 1. The molecule has 1 aliphatic rings. The number of nitrogens with one attached hydrogen (secondary N) is 1. The van der Waals surface area contributed by atoms with Crippen LogP contribution < -0.4 is 14.8 Å². The fraction of sp³-hybridized carbons (Fsp3) is 0.440. The van der Waals surface area contributed by atoms with Crippen molar-refractivity contribution in [3.63, 3.8) is 0 Å². The van der Waals surface area contributed by atoms with E-state index in [-0.39, 0.29) is 29.0 Å². The molecule has 2 aromatic rings. The van der Waals surface area contributed by atoms with Gasteiger partial charge >= 0.3 is 11.9 Å². The Morgan fingerprint density at radius 3 is 2.42 bits per heavy atom. The molecular formula is C25H30N2O6. The molecule has 1 fully saturated rings. The zero-order valence-corrected chi connectivity index (χ0v) is 19.6. The molecule has 8 heteroatoms. The number of esters is 2. The summed E-state index contributed by atoms with van der Waals surface area (Å²) < 4.78 is 16.3. The number of amides is 1. The van der Waals surface area contributed by atoms with E-state index in [9.17, 15) is 14.4 Å². The van der Waals surface area contributed by atoms with Gasteiger partial charge in [0.2, 0.25) is 5.75 Å². The molecule has 0 unspecified atom stereocenters. The lowest BCUT2D eigenvalue weighted by molar-refractivity contribution is -0.151. The number of aryl methyl sites for hydroxylation is 1. The lowest BCUT2D eigenvalue weighted by Crippen LogP contribution is -2.41.